The number of aromatic nitrogens is 1. The van der Waals surface area contributed by atoms with E-state index in [2.05, 4.69) is 4.98 Å². The maximum atomic E-state index is 12.7. The number of nitrogen functional groups attached to an aromatic ring is 1. The van der Waals surface area contributed by atoms with Crippen LogP contribution < -0.4 is 5.73 Å². The lowest BCUT2D eigenvalue weighted by Gasteiger charge is -2.00. The molecule has 0 aliphatic heterocycles. The Labute approximate surface area is 58.9 Å². The Morgan fingerprint density at radius 1 is 1.50 bits per heavy atom. The summed E-state index contributed by atoms with van der Waals surface area (Å²) in [4.78, 5) is 3.87. The monoisotopic (exact) mass is 140 g/mol. The summed E-state index contributed by atoms with van der Waals surface area (Å²) in [5.41, 5.74) is 6.49. The molecular formula is C7H9FN2. The Morgan fingerprint density at radius 2 is 2.10 bits per heavy atom. The van der Waals surface area contributed by atoms with Crippen LogP contribution in [-0.2, 0) is 0 Å². The molecule has 54 valence electrons. The summed E-state index contributed by atoms with van der Waals surface area (Å²) in [5.74, 6) is -0.0504. The minimum absolute atomic E-state index is 0.237. The number of hydrogen-bond donors (Lipinski definition) is 1. The molecule has 3 heteroatoms. The molecule has 0 aliphatic rings. The normalized spacial score (nSPS) is 9.90. The maximum Gasteiger partial charge on any atom is 0.131 e. The van der Waals surface area contributed by atoms with Crippen LogP contribution in [0.15, 0.2) is 6.07 Å². The smallest absolute Gasteiger partial charge is 0.131 e. The van der Waals surface area contributed by atoms with Gasteiger partial charge >= 0.3 is 0 Å². The number of nitrogens with zero attached hydrogens (tertiary/aromatic N) is 1. The summed E-state index contributed by atoms with van der Waals surface area (Å²) in [6, 6.07) is 1.22. The van der Waals surface area contributed by atoms with Crippen molar-refractivity contribution >= 4 is 5.82 Å². The lowest BCUT2D eigenvalue weighted by molar-refractivity contribution is 0.614. The van der Waals surface area contributed by atoms with Gasteiger partial charge in [-0.15, -0.1) is 0 Å². The van der Waals surface area contributed by atoms with E-state index in [9.17, 15) is 4.39 Å². The second kappa shape index (κ2) is 2.25. The molecule has 0 spiro atoms. The van der Waals surface area contributed by atoms with Gasteiger partial charge in [0, 0.05) is 17.3 Å². The predicted molar refractivity (Wildman–Crippen MR) is 38.1 cm³/mol. The SMILES string of the molecule is Cc1nc(N)cc(F)c1C. The average Bonchev–Trinajstić information content (AvgIpc) is 1.82. The molecule has 0 aliphatic carbocycles. The zero-order valence-corrected chi connectivity index (χ0v) is 5.98. The van der Waals surface area contributed by atoms with Crippen molar-refractivity contribution in [3.63, 3.8) is 0 Å². The number of aryl methyl sites for hydroxylation is 1. The number of hydrogen-bond acceptors (Lipinski definition) is 2. The zero-order valence-electron chi connectivity index (χ0n) is 5.98. The first-order valence-corrected chi connectivity index (χ1v) is 3.00. The summed E-state index contributed by atoms with van der Waals surface area (Å²) in [7, 11) is 0. The molecule has 0 unspecified atom stereocenters. The molecule has 0 amide bonds. The van der Waals surface area contributed by atoms with E-state index in [-0.39, 0.29) is 11.6 Å². The second-order valence-electron chi connectivity index (χ2n) is 2.24. The Hall–Kier alpha value is -1.12. The number of nitrogens with two attached hydrogens (primary N) is 1. The van der Waals surface area contributed by atoms with E-state index in [1.54, 1.807) is 13.8 Å². The van der Waals surface area contributed by atoms with Crippen LogP contribution >= 0.6 is 0 Å². The molecule has 1 heterocycles. The quantitative estimate of drug-likeness (QED) is 0.591. The predicted octanol–water partition coefficient (Wildman–Crippen LogP) is 1.42. The minimum atomic E-state index is -0.287. The summed E-state index contributed by atoms with van der Waals surface area (Å²) in [6.07, 6.45) is 0. The van der Waals surface area contributed by atoms with Gasteiger partial charge in [-0.25, -0.2) is 9.37 Å². The third kappa shape index (κ3) is 1.07. The first kappa shape index (κ1) is 6.99. The Kier molecular flexibility index (Phi) is 1.57. The van der Waals surface area contributed by atoms with E-state index in [0.29, 0.717) is 11.3 Å². The topological polar surface area (TPSA) is 38.9 Å². The molecule has 0 atom stereocenters. The van der Waals surface area contributed by atoms with Gasteiger partial charge in [-0.1, -0.05) is 0 Å². The van der Waals surface area contributed by atoms with Crippen molar-refractivity contribution in [2.45, 2.75) is 13.8 Å². The largest absolute Gasteiger partial charge is 0.384 e. The summed E-state index contributed by atoms with van der Waals surface area (Å²) in [5, 5.41) is 0. The van der Waals surface area contributed by atoms with E-state index in [1.165, 1.54) is 6.07 Å². The highest BCUT2D eigenvalue weighted by Gasteiger charge is 2.01. The van der Waals surface area contributed by atoms with Crippen LogP contribution in [0, 0.1) is 19.7 Å². The van der Waals surface area contributed by atoms with Gasteiger partial charge in [0.05, 0.1) is 0 Å². The van der Waals surface area contributed by atoms with Crippen molar-refractivity contribution in [3.8, 4) is 0 Å². The molecule has 0 saturated carbocycles. The maximum absolute atomic E-state index is 12.7. The van der Waals surface area contributed by atoms with E-state index >= 15 is 0 Å². The van der Waals surface area contributed by atoms with Gasteiger partial charge in [0.1, 0.15) is 11.6 Å². The van der Waals surface area contributed by atoms with Crippen LogP contribution in [0.25, 0.3) is 0 Å². The molecule has 10 heavy (non-hydrogen) atoms. The lowest BCUT2D eigenvalue weighted by atomic mass is 10.2. The van der Waals surface area contributed by atoms with Gasteiger partial charge in [-0.05, 0) is 13.8 Å². The van der Waals surface area contributed by atoms with Gasteiger partial charge < -0.3 is 5.73 Å². The molecule has 0 fully saturated rings. The molecule has 1 aromatic heterocycles. The highest BCUT2D eigenvalue weighted by atomic mass is 19.1. The van der Waals surface area contributed by atoms with E-state index < -0.39 is 0 Å². The zero-order chi connectivity index (χ0) is 7.72. The van der Waals surface area contributed by atoms with Gasteiger partial charge in [-0.3, -0.25) is 0 Å². The van der Waals surface area contributed by atoms with E-state index in [4.69, 9.17) is 5.73 Å². The fraction of sp³-hybridized carbons (Fsp3) is 0.286. The minimum Gasteiger partial charge on any atom is -0.384 e. The third-order valence-corrected chi connectivity index (χ3v) is 1.47. The van der Waals surface area contributed by atoms with Crippen LogP contribution in [0.5, 0.6) is 0 Å². The Bertz CT molecular complexity index is 235. The first-order valence-electron chi connectivity index (χ1n) is 3.00. The highest BCUT2D eigenvalue weighted by molar-refractivity contribution is 5.34. The molecular weight excluding hydrogens is 131 g/mol. The second-order valence-corrected chi connectivity index (χ2v) is 2.24. The number of rotatable bonds is 0. The van der Waals surface area contributed by atoms with Crippen molar-refractivity contribution in [1.29, 1.82) is 0 Å². The average molecular weight is 140 g/mol. The van der Waals surface area contributed by atoms with Crippen LogP contribution in [0.3, 0.4) is 0 Å². The molecule has 0 aromatic carbocycles. The molecule has 1 aromatic rings. The summed E-state index contributed by atoms with van der Waals surface area (Å²) < 4.78 is 12.7. The fourth-order valence-corrected chi connectivity index (χ4v) is 0.721. The van der Waals surface area contributed by atoms with Crippen molar-refractivity contribution in [1.82, 2.24) is 4.98 Å². The lowest BCUT2D eigenvalue weighted by Crippen LogP contribution is -1.97. The van der Waals surface area contributed by atoms with Crippen LogP contribution in [-0.4, -0.2) is 4.98 Å². The molecule has 2 nitrogen and oxygen atoms in total. The van der Waals surface area contributed by atoms with Gasteiger partial charge in [0.25, 0.3) is 0 Å². The Morgan fingerprint density at radius 3 is 2.60 bits per heavy atom. The third-order valence-electron chi connectivity index (χ3n) is 1.47. The van der Waals surface area contributed by atoms with Crippen molar-refractivity contribution in [2.24, 2.45) is 0 Å². The fourth-order valence-electron chi connectivity index (χ4n) is 0.721. The number of anilines is 1. The van der Waals surface area contributed by atoms with Gasteiger partial charge in [0.2, 0.25) is 0 Å². The van der Waals surface area contributed by atoms with E-state index in [1.807, 2.05) is 0 Å². The Balaban J connectivity index is 3.31. The van der Waals surface area contributed by atoms with E-state index in [0.717, 1.165) is 0 Å². The van der Waals surface area contributed by atoms with Gasteiger partial charge in [0.15, 0.2) is 0 Å². The highest BCUT2D eigenvalue weighted by Crippen LogP contribution is 2.11. The standard InChI is InChI=1S/C7H9FN2/c1-4-5(2)10-7(9)3-6(4)8/h3H,1-2H3,(H2,9,10). The first-order chi connectivity index (χ1) is 4.61. The summed E-state index contributed by atoms with van der Waals surface area (Å²) in [6.45, 7) is 3.41. The van der Waals surface area contributed by atoms with Gasteiger partial charge in [-0.2, -0.15) is 0 Å². The number of pyridine rings is 1. The molecule has 0 saturated heterocycles. The number of halogens is 1. The van der Waals surface area contributed by atoms with Crippen molar-refractivity contribution < 1.29 is 4.39 Å². The van der Waals surface area contributed by atoms with Crippen molar-refractivity contribution in [3.05, 3.63) is 23.1 Å². The summed E-state index contributed by atoms with van der Waals surface area (Å²) >= 11 is 0. The van der Waals surface area contributed by atoms with Crippen LogP contribution in [0.1, 0.15) is 11.3 Å². The molecule has 1 rings (SSSR count). The molecule has 0 radical (unpaired) electrons. The van der Waals surface area contributed by atoms with Crippen molar-refractivity contribution in [2.75, 3.05) is 5.73 Å². The molecule has 2 N–H and O–H groups in total. The van der Waals surface area contributed by atoms with Crippen LogP contribution in [0.4, 0.5) is 10.2 Å². The van der Waals surface area contributed by atoms with Crippen LogP contribution in [0.2, 0.25) is 0 Å². The molecule has 0 bridgehead atoms.